The molecule has 94 valence electrons. The third kappa shape index (κ3) is 4.67. The van der Waals surface area contributed by atoms with Crippen LogP contribution >= 0.6 is 0 Å². The minimum absolute atomic E-state index is 0.0259. The third-order valence-corrected chi connectivity index (χ3v) is 3.24. The van der Waals surface area contributed by atoms with E-state index in [0.717, 1.165) is 19.4 Å². The molecule has 0 N–H and O–H groups in total. The van der Waals surface area contributed by atoms with Gasteiger partial charge in [0.2, 0.25) is 0 Å². The van der Waals surface area contributed by atoms with E-state index in [-0.39, 0.29) is 12.4 Å². The molecule has 0 aromatic rings. The van der Waals surface area contributed by atoms with E-state index < -0.39 is 0 Å². The Bertz CT molecular complexity index is 185. The first-order chi connectivity index (χ1) is 7.77. The van der Waals surface area contributed by atoms with Crippen LogP contribution in [-0.4, -0.2) is 19.0 Å². The van der Waals surface area contributed by atoms with Crippen LogP contribution in [0.25, 0.3) is 0 Å². The van der Waals surface area contributed by atoms with Gasteiger partial charge in [-0.2, -0.15) is 0 Å². The minimum Gasteiger partial charge on any atom is -0.353 e. The summed E-state index contributed by atoms with van der Waals surface area (Å²) in [7, 11) is 0. The maximum atomic E-state index is 6.05. The lowest BCUT2D eigenvalue weighted by Gasteiger charge is -2.30. The molecule has 0 amide bonds. The summed E-state index contributed by atoms with van der Waals surface area (Å²) >= 11 is 0. The predicted octanol–water partition coefficient (Wildman–Crippen LogP) is 3.91. The summed E-state index contributed by atoms with van der Waals surface area (Å²) in [4.78, 5) is 0. The van der Waals surface area contributed by atoms with Crippen molar-refractivity contribution in [2.75, 3.05) is 6.61 Å². The van der Waals surface area contributed by atoms with Gasteiger partial charge >= 0.3 is 0 Å². The van der Waals surface area contributed by atoms with Crippen molar-refractivity contribution in [1.82, 2.24) is 0 Å². The summed E-state index contributed by atoms with van der Waals surface area (Å²) in [6, 6.07) is 0. The fourth-order valence-corrected chi connectivity index (χ4v) is 2.24. The zero-order valence-electron chi connectivity index (χ0n) is 10.8. The molecule has 3 unspecified atom stereocenters. The van der Waals surface area contributed by atoms with Crippen LogP contribution in [0.3, 0.4) is 0 Å². The maximum Gasteiger partial charge on any atom is 0.157 e. The Hall–Kier alpha value is -0.340. The Morgan fingerprint density at radius 1 is 1.50 bits per heavy atom. The maximum absolute atomic E-state index is 6.05. The van der Waals surface area contributed by atoms with Gasteiger partial charge in [0.15, 0.2) is 6.29 Å². The average molecular weight is 226 g/mol. The Kier molecular flexibility index (Phi) is 6.74. The Labute approximate surface area is 100 Å². The Balaban J connectivity index is 2.38. The summed E-state index contributed by atoms with van der Waals surface area (Å²) < 4.78 is 11.7. The lowest BCUT2D eigenvalue weighted by molar-refractivity contribution is -0.196. The fraction of sp³-hybridized carbons (Fsp3) is 0.857. The monoisotopic (exact) mass is 226 g/mol. The highest BCUT2D eigenvalue weighted by molar-refractivity contribution is 4.78. The lowest BCUT2D eigenvalue weighted by Crippen LogP contribution is -2.31. The molecule has 0 saturated carbocycles. The summed E-state index contributed by atoms with van der Waals surface area (Å²) in [6.45, 7) is 9.16. The molecule has 0 spiro atoms. The number of ether oxygens (including phenoxy) is 2. The fourth-order valence-electron chi connectivity index (χ4n) is 2.24. The smallest absolute Gasteiger partial charge is 0.157 e. The van der Waals surface area contributed by atoms with Gasteiger partial charge < -0.3 is 9.47 Å². The quantitative estimate of drug-likeness (QED) is 0.613. The van der Waals surface area contributed by atoms with Gasteiger partial charge in [-0.15, -0.1) is 6.58 Å². The molecule has 0 aromatic heterocycles. The van der Waals surface area contributed by atoms with Crippen LogP contribution in [0.2, 0.25) is 0 Å². The molecule has 1 rings (SSSR count). The third-order valence-electron chi connectivity index (χ3n) is 3.24. The van der Waals surface area contributed by atoms with Gasteiger partial charge in [0.05, 0.1) is 6.10 Å². The minimum atomic E-state index is 0.0259. The lowest BCUT2D eigenvalue weighted by atomic mass is 9.96. The topological polar surface area (TPSA) is 18.5 Å². The van der Waals surface area contributed by atoms with E-state index in [1.807, 2.05) is 6.08 Å². The molecular formula is C14H26O2. The highest BCUT2D eigenvalue weighted by Crippen LogP contribution is 2.23. The predicted molar refractivity (Wildman–Crippen MR) is 67.4 cm³/mol. The van der Waals surface area contributed by atoms with Crippen molar-refractivity contribution in [2.24, 2.45) is 5.92 Å². The van der Waals surface area contributed by atoms with Gasteiger partial charge in [-0.05, 0) is 38.0 Å². The number of hydrogen-bond acceptors (Lipinski definition) is 2. The highest BCUT2D eigenvalue weighted by Gasteiger charge is 2.22. The van der Waals surface area contributed by atoms with Crippen LogP contribution < -0.4 is 0 Å². The molecule has 0 radical (unpaired) electrons. The first-order valence-corrected chi connectivity index (χ1v) is 6.65. The summed E-state index contributed by atoms with van der Waals surface area (Å²) in [5.41, 5.74) is 0. The van der Waals surface area contributed by atoms with Crippen molar-refractivity contribution in [2.45, 2.75) is 64.8 Å². The van der Waals surface area contributed by atoms with Crippen LogP contribution in [0.5, 0.6) is 0 Å². The summed E-state index contributed by atoms with van der Waals surface area (Å²) in [6.07, 6.45) is 9.07. The first-order valence-electron chi connectivity index (χ1n) is 6.65. The first kappa shape index (κ1) is 13.7. The molecule has 0 aromatic carbocycles. The van der Waals surface area contributed by atoms with Gasteiger partial charge in [0.25, 0.3) is 0 Å². The van der Waals surface area contributed by atoms with E-state index in [9.17, 15) is 0 Å². The van der Waals surface area contributed by atoms with Crippen molar-refractivity contribution in [1.29, 1.82) is 0 Å². The molecule has 2 nitrogen and oxygen atoms in total. The van der Waals surface area contributed by atoms with Gasteiger partial charge in [-0.25, -0.2) is 0 Å². The van der Waals surface area contributed by atoms with E-state index >= 15 is 0 Å². The largest absolute Gasteiger partial charge is 0.353 e. The Morgan fingerprint density at radius 3 is 2.88 bits per heavy atom. The molecule has 2 heteroatoms. The van der Waals surface area contributed by atoms with Gasteiger partial charge in [-0.3, -0.25) is 0 Å². The molecule has 1 saturated heterocycles. The zero-order valence-corrected chi connectivity index (χ0v) is 10.8. The van der Waals surface area contributed by atoms with Crippen molar-refractivity contribution >= 4 is 0 Å². The van der Waals surface area contributed by atoms with Crippen molar-refractivity contribution in [3.63, 3.8) is 0 Å². The van der Waals surface area contributed by atoms with Gasteiger partial charge in [-0.1, -0.05) is 26.3 Å². The normalized spacial score (nSPS) is 25.0. The van der Waals surface area contributed by atoms with Crippen molar-refractivity contribution in [3.05, 3.63) is 12.7 Å². The van der Waals surface area contributed by atoms with Gasteiger partial charge in [0.1, 0.15) is 0 Å². The standard InChI is InChI=1S/C14H26O2/c1-4-8-12(3)13(9-5-2)16-14-10-6-7-11-15-14/h5,12-14H,2,4,6-11H2,1,3H3. The number of rotatable bonds is 7. The van der Waals surface area contributed by atoms with E-state index in [0.29, 0.717) is 5.92 Å². The number of hydrogen-bond donors (Lipinski definition) is 0. The zero-order chi connectivity index (χ0) is 11.8. The molecule has 0 bridgehead atoms. The second-order valence-electron chi connectivity index (χ2n) is 4.76. The average Bonchev–Trinajstić information content (AvgIpc) is 2.30. The molecule has 0 aliphatic carbocycles. The van der Waals surface area contributed by atoms with Crippen molar-refractivity contribution in [3.8, 4) is 0 Å². The molecule has 1 fully saturated rings. The molecule has 1 heterocycles. The van der Waals surface area contributed by atoms with E-state index in [2.05, 4.69) is 20.4 Å². The van der Waals surface area contributed by atoms with E-state index in [1.54, 1.807) is 0 Å². The Morgan fingerprint density at radius 2 is 2.31 bits per heavy atom. The van der Waals surface area contributed by atoms with E-state index in [1.165, 1.54) is 25.7 Å². The highest BCUT2D eigenvalue weighted by atomic mass is 16.7. The van der Waals surface area contributed by atoms with Crippen LogP contribution in [-0.2, 0) is 9.47 Å². The summed E-state index contributed by atoms with van der Waals surface area (Å²) in [5, 5.41) is 0. The second kappa shape index (κ2) is 7.86. The van der Waals surface area contributed by atoms with Crippen molar-refractivity contribution < 1.29 is 9.47 Å². The molecular weight excluding hydrogens is 200 g/mol. The summed E-state index contributed by atoms with van der Waals surface area (Å²) in [5.74, 6) is 0.591. The van der Waals surface area contributed by atoms with Crippen LogP contribution in [0.1, 0.15) is 52.4 Å². The molecule has 3 atom stereocenters. The molecule has 1 aliphatic heterocycles. The van der Waals surface area contributed by atoms with Crippen LogP contribution in [0.4, 0.5) is 0 Å². The molecule has 16 heavy (non-hydrogen) atoms. The van der Waals surface area contributed by atoms with Crippen LogP contribution in [0.15, 0.2) is 12.7 Å². The van der Waals surface area contributed by atoms with Crippen LogP contribution in [0, 0.1) is 5.92 Å². The van der Waals surface area contributed by atoms with E-state index in [4.69, 9.17) is 9.47 Å². The molecule has 1 aliphatic rings. The second-order valence-corrected chi connectivity index (χ2v) is 4.76. The SMILES string of the molecule is C=CCC(OC1CCCCO1)C(C)CCC. The van der Waals surface area contributed by atoms with Gasteiger partial charge in [0, 0.05) is 6.61 Å².